The van der Waals surface area contributed by atoms with Crippen LogP contribution in [0.3, 0.4) is 0 Å². The van der Waals surface area contributed by atoms with E-state index in [9.17, 15) is 8.42 Å². The van der Waals surface area contributed by atoms with E-state index < -0.39 is 9.84 Å². The third kappa shape index (κ3) is 4.67. The van der Waals surface area contributed by atoms with Gasteiger partial charge in [-0.1, -0.05) is 23.7 Å². The highest BCUT2D eigenvalue weighted by Gasteiger charge is 2.21. The minimum Gasteiger partial charge on any atom is -0.492 e. The van der Waals surface area contributed by atoms with Crippen molar-refractivity contribution in [3.8, 4) is 5.75 Å². The highest BCUT2D eigenvalue weighted by Crippen LogP contribution is 2.27. The number of nitrogens with zero attached hydrogens (tertiary/aromatic N) is 1. The van der Waals surface area contributed by atoms with E-state index in [0.717, 1.165) is 37.4 Å². The molecule has 1 unspecified atom stereocenters. The third-order valence-corrected chi connectivity index (χ3v) is 5.90. The first-order valence-electron chi connectivity index (χ1n) is 8.36. The van der Waals surface area contributed by atoms with Crippen molar-refractivity contribution < 1.29 is 13.2 Å². The monoisotopic (exact) mass is 379 g/mol. The molecule has 0 N–H and O–H groups in total. The van der Waals surface area contributed by atoms with E-state index >= 15 is 0 Å². The predicted octanol–water partition coefficient (Wildman–Crippen LogP) is 4.04. The maximum absolute atomic E-state index is 11.6. The number of anilines is 1. The SMILES string of the molecule is CS(=O)(=O)c1ccc(N2CCCC(COc3ccccc3Cl)C2)cc1. The quantitative estimate of drug-likeness (QED) is 0.786. The van der Waals surface area contributed by atoms with Crippen molar-refractivity contribution in [3.05, 3.63) is 53.6 Å². The highest BCUT2D eigenvalue weighted by molar-refractivity contribution is 7.90. The van der Waals surface area contributed by atoms with Crippen LogP contribution in [-0.4, -0.2) is 34.4 Å². The number of ether oxygens (including phenoxy) is 1. The van der Waals surface area contributed by atoms with Crippen molar-refractivity contribution in [1.29, 1.82) is 0 Å². The summed E-state index contributed by atoms with van der Waals surface area (Å²) in [5.74, 6) is 1.14. The lowest BCUT2D eigenvalue weighted by Crippen LogP contribution is -2.37. The van der Waals surface area contributed by atoms with Crippen molar-refractivity contribution in [3.63, 3.8) is 0 Å². The van der Waals surface area contributed by atoms with Crippen molar-refractivity contribution in [2.45, 2.75) is 17.7 Å². The summed E-state index contributed by atoms with van der Waals surface area (Å²) in [5, 5.41) is 0.631. The Morgan fingerprint density at radius 1 is 1.16 bits per heavy atom. The Morgan fingerprint density at radius 2 is 1.88 bits per heavy atom. The van der Waals surface area contributed by atoms with Crippen LogP contribution in [0.15, 0.2) is 53.4 Å². The van der Waals surface area contributed by atoms with Gasteiger partial charge in [-0.05, 0) is 49.2 Å². The molecule has 6 heteroatoms. The Kier molecular flexibility index (Phi) is 5.54. The summed E-state index contributed by atoms with van der Waals surface area (Å²) in [6, 6.07) is 14.6. The van der Waals surface area contributed by atoms with Crippen LogP contribution >= 0.6 is 11.6 Å². The average Bonchev–Trinajstić information content (AvgIpc) is 2.61. The van der Waals surface area contributed by atoms with Gasteiger partial charge in [0.05, 0.1) is 16.5 Å². The molecule has 1 heterocycles. The molecule has 134 valence electrons. The molecule has 0 aromatic heterocycles. The molecule has 0 bridgehead atoms. The summed E-state index contributed by atoms with van der Waals surface area (Å²) < 4.78 is 29.0. The molecule has 4 nitrogen and oxygen atoms in total. The summed E-state index contributed by atoms with van der Waals surface area (Å²) in [5.41, 5.74) is 1.05. The molecule has 0 amide bonds. The molecule has 0 radical (unpaired) electrons. The van der Waals surface area contributed by atoms with Gasteiger partial charge < -0.3 is 9.64 Å². The number of benzene rings is 2. The van der Waals surface area contributed by atoms with Crippen LogP contribution in [0.25, 0.3) is 0 Å². The molecule has 3 rings (SSSR count). The van der Waals surface area contributed by atoms with Gasteiger partial charge in [0.25, 0.3) is 0 Å². The van der Waals surface area contributed by atoms with Crippen molar-refractivity contribution in [1.82, 2.24) is 0 Å². The molecule has 1 saturated heterocycles. The Hall–Kier alpha value is -1.72. The van der Waals surface area contributed by atoms with Crippen LogP contribution in [0.2, 0.25) is 5.02 Å². The summed E-state index contributed by atoms with van der Waals surface area (Å²) in [6.45, 7) is 2.49. The fourth-order valence-electron chi connectivity index (χ4n) is 3.11. The molecular formula is C19H22ClNO3S. The van der Waals surface area contributed by atoms with E-state index in [1.807, 2.05) is 36.4 Å². The van der Waals surface area contributed by atoms with E-state index in [1.54, 1.807) is 12.1 Å². The van der Waals surface area contributed by atoms with Gasteiger partial charge in [-0.2, -0.15) is 0 Å². The normalized spacial score (nSPS) is 18.2. The number of hydrogen-bond acceptors (Lipinski definition) is 4. The van der Waals surface area contributed by atoms with Gasteiger partial charge >= 0.3 is 0 Å². The third-order valence-electron chi connectivity index (χ3n) is 4.46. The lowest BCUT2D eigenvalue weighted by Gasteiger charge is -2.34. The first-order chi connectivity index (χ1) is 11.9. The molecule has 1 aliphatic heterocycles. The number of rotatable bonds is 5. The lowest BCUT2D eigenvalue weighted by molar-refractivity contribution is 0.229. The van der Waals surface area contributed by atoms with Crippen LogP contribution < -0.4 is 9.64 Å². The van der Waals surface area contributed by atoms with Crippen molar-refractivity contribution >= 4 is 27.1 Å². The molecule has 1 atom stereocenters. The van der Waals surface area contributed by atoms with Gasteiger partial charge in [-0.3, -0.25) is 0 Å². The van der Waals surface area contributed by atoms with Gasteiger partial charge in [-0.15, -0.1) is 0 Å². The van der Waals surface area contributed by atoms with Crippen LogP contribution in [0.5, 0.6) is 5.75 Å². The zero-order valence-corrected chi connectivity index (χ0v) is 15.8. The van der Waals surface area contributed by atoms with E-state index in [4.69, 9.17) is 16.3 Å². The van der Waals surface area contributed by atoms with E-state index in [1.165, 1.54) is 6.26 Å². The fraction of sp³-hybridized carbons (Fsp3) is 0.368. The smallest absolute Gasteiger partial charge is 0.175 e. The van der Waals surface area contributed by atoms with Gasteiger partial charge in [0.15, 0.2) is 9.84 Å². The molecular weight excluding hydrogens is 358 g/mol. The van der Waals surface area contributed by atoms with E-state index in [2.05, 4.69) is 4.90 Å². The summed E-state index contributed by atoms with van der Waals surface area (Å²) >= 11 is 6.13. The standard InChI is InChI=1S/C19H22ClNO3S/c1-25(22,23)17-10-8-16(9-11-17)21-12-4-5-15(13-21)14-24-19-7-3-2-6-18(19)20/h2-3,6-11,15H,4-5,12-14H2,1H3. The van der Waals surface area contributed by atoms with Crippen molar-refractivity contribution in [2.24, 2.45) is 5.92 Å². The highest BCUT2D eigenvalue weighted by atomic mass is 35.5. The summed E-state index contributed by atoms with van der Waals surface area (Å²) in [6.07, 6.45) is 3.43. The molecule has 25 heavy (non-hydrogen) atoms. The van der Waals surface area contributed by atoms with Crippen LogP contribution in [0, 0.1) is 5.92 Å². The average molecular weight is 380 g/mol. The molecule has 0 spiro atoms. The van der Waals surface area contributed by atoms with Gasteiger partial charge in [-0.25, -0.2) is 8.42 Å². The molecule has 2 aromatic carbocycles. The molecule has 0 saturated carbocycles. The minimum absolute atomic E-state index is 0.354. The summed E-state index contributed by atoms with van der Waals surface area (Å²) in [4.78, 5) is 2.64. The largest absolute Gasteiger partial charge is 0.492 e. The maximum Gasteiger partial charge on any atom is 0.175 e. The Bertz CT molecular complexity index is 821. The Balaban J connectivity index is 1.62. The first-order valence-corrected chi connectivity index (χ1v) is 10.6. The minimum atomic E-state index is -3.16. The maximum atomic E-state index is 11.6. The van der Waals surface area contributed by atoms with Crippen LogP contribution in [0.4, 0.5) is 5.69 Å². The summed E-state index contributed by atoms with van der Waals surface area (Å²) in [7, 11) is -3.16. The number of halogens is 1. The topological polar surface area (TPSA) is 46.6 Å². The molecule has 0 aliphatic carbocycles. The van der Waals surface area contributed by atoms with Crippen molar-refractivity contribution in [2.75, 3.05) is 30.9 Å². The van der Waals surface area contributed by atoms with Gasteiger partial charge in [0.2, 0.25) is 0 Å². The lowest BCUT2D eigenvalue weighted by atomic mass is 9.98. The van der Waals surface area contributed by atoms with Gasteiger partial charge in [0, 0.05) is 31.0 Å². The second-order valence-corrected chi connectivity index (χ2v) is 8.88. The van der Waals surface area contributed by atoms with E-state index in [0.29, 0.717) is 22.4 Å². The number of sulfone groups is 1. The van der Waals surface area contributed by atoms with E-state index in [-0.39, 0.29) is 0 Å². The van der Waals surface area contributed by atoms with Crippen LogP contribution in [-0.2, 0) is 9.84 Å². The Labute approximate surface area is 154 Å². The number of hydrogen-bond donors (Lipinski definition) is 0. The zero-order chi connectivity index (χ0) is 17.9. The van der Waals surface area contributed by atoms with Crippen LogP contribution in [0.1, 0.15) is 12.8 Å². The number of para-hydroxylation sites is 1. The molecule has 2 aromatic rings. The predicted molar refractivity (Wildman–Crippen MR) is 101 cm³/mol. The zero-order valence-electron chi connectivity index (χ0n) is 14.2. The molecule has 1 aliphatic rings. The number of piperidine rings is 1. The first kappa shape index (κ1) is 18.1. The Morgan fingerprint density at radius 3 is 2.56 bits per heavy atom. The second kappa shape index (κ2) is 7.67. The van der Waals surface area contributed by atoms with Gasteiger partial charge in [0.1, 0.15) is 5.75 Å². The fourth-order valence-corrected chi connectivity index (χ4v) is 3.93. The molecule has 1 fully saturated rings. The second-order valence-electron chi connectivity index (χ2n) is 6.46.